The SMILES string of the molecule is CCCCSc1c(-c2c(F)cc(F)cc2F)c(Cl)nc2ncnn12. The van der Waals surface area contributed by atoms with E-state index in [1.165, 1.54) is 22.6 Å². The summed E-state index contributed by atoms with van der Waals surface area (Å²) in [4.78, 5) is 7.98. The van der Waals surface area contributed by atoms with Gasteiger partial charge in [-0.25, -0.2) is 13.2 Å². The average Bonchev–Trinajstić information content (AvgIpc) is 2.96. The number of nitrogens with zero attached hydrogens (tertiary/aromatic N) is 4. The molecule has 0 unspecified atom stereocenters. The lowest BCUT2D eigenvalue weighted by molar-refractivity contribution is 0.547. The van der Waals surface area contributed by atoms with Gasteiger partial charge in [0.25, 0.3) is 5.78 Å². The second-order valence-electron chi connectivity index (χ2n) is 5.00. The smallest absolute Gasteiger partial charge is 0.207 e. The Morgan fingerprint density at radius 3 is 2.54 bits per heavy atom. The van der Waals surface area contributed by atoms with Gasteiger partial charge in [0, 0.05) is 12.1 Å². The topological polar surface area (TPSA) is 43.1 Å². The third-order valence-corrected chi connectivity index (χ3v) is 4.75. The molecule has 0 saturated carbocycles. The lowest BCUT2D eigenvalue weighted by atomic mass is 10.1. The predicted octanol–water partition coefficient (Wildman–Crippen LogP) is 4.75. The predicted molar refractivity (Wildman–Crippen MR) is 86.7 cm³/mol. The number of rotatable bonds is 5. The Labute approximate surface area is 145 Å². The maximum atomic E-state index is 14.3. The summed E-state index contributed by atoms with van der Waals surface area (Å²) < 4.78 is 43.1. The van der Waals surface area contributed by atoms with Crippen LogP contribution >= 0.6 is 23.4 Å². The number of halogens is 4. The second kappa shape index (κ2) is 6.98. The Balaban J connectivity index is 2.26. The van der Waals surface area contributed by atoms with Crippen molar-refractivity contribution in [2.75, 3.05) is 5.75 Å². The van der Waals surface area contributed by atoms with E-state index < -0.39 is 23.0 Å². The molecule has 126 valence electrons. The first kappa shape index (κ1) is 17.0. The van der Waals surface area contributed by atoms with Crippen LogP contribution in [-0.4, -0.2) is 25.3 Å². The number of hydrogen-bond acceptors (Lipinski definition) is 4. The van der Waals surface area contributed by atoms with E-state index >= 15 is 0 Å². The third-order valence-electron chi connectivity index (χ3n) is 3.33. The fourth-order valence-electron chi connectivity index (χ4n) is 2.23. The van der Waals surface area contributed by atoms with Gasteiger partial charge in [0.15, 0.2) is 0 Å². The molecule has 1 aromatic carbocycles. The van der Waals surface area contributed by atoms with Gasteiger partial charge in [-0.05, 0) is 12.2 Å². The van der Waals surface area contributed by atoms with Gasteiger partial charge in [0.2, 0.25) is 0 Å². The normalized spacial score (nSPS) is 11.4. The van der Waals surface area contributed by atoms with Crippen molar-refractivity contribution in [3.8, 4) is 11.1 Å². The molecule has 0 spiro atoms. The van der Waals surface area contributed by atoms with Crippen LogP contribution in [0.2, 0.25) is 5.15 Å². The molecule has 0 N–H and O–H groups in total. The summed E-state index contributed by atoms with van der Waals surface area (Å²) in [5, 5.41) is 4.35. The van der Waals surface area contributed by atoms with Crippen molar-refractivity contribution in [2.45, 2.75) is 24.8 Å². The molecule has 9 heteroatoms. The van der Waals surface area contributed by atoms with Crippen molar-refractivity contribution in [1.29, 1.82) is 0 Å². The Morgan fingerprint density at radius 1 is 1.17 bits per heavy atom. The minimum absolute atomic E-state index is 0.0470. The molecule has 3 aromatic rings. The fourth-order valence-corrected chi connectivity index (χ4v) is 3.77. The number of unbranched alkanes of at least 4 members (excludes halogenated alkanes) is 1. The summed E-state index contributed by atoms with van der Waals surface area (Å²) in [5.74, 6) is -2.17. The summed E-state index contributed by atoms with van der Waals surface area (Å²) >= 11 is 7.51. The number of hydrogen-bond donors (Lipinski definition) is 0. The maximum absolute atomic E-state index is 14.3. The molecular weight excluding hydrogens is 361 g/mol. The number of benzene rings is 1. The molecule has 3 rings (SSSR count). The first-order valence-corrected chi connectivity index (χ1v) is 8.56. The van der Waals surface area contributed by atoms with Crippen LogP contribution in [0.1, 0.15) is 19.8 Å². The van der Waals surface area contributed by atoms with E-state index in [4.69, 9.17) is 11.6 Å². The quantitative estimate of drug-likeness (QED) is 0.368. The molecule has 4 nitrogen and oxygen atoms in total. The summed E-state index contributed by atoms with van der Waals surface area (Å²) in [6.45, 7) is 2.03. The van der Waals surface area contributed by atoms with Crippen molar-refractivity contribution in [3.63, 3.8) is 0 Å². The van der Waals surface area contributed by atoms with E-state index in [0.29, 0.717) is 22.9 Å². The molecule has 24 heavy (non-hydrogen) atoms. The van der Waals surface area contributed by atoms with Crippen LogP contribution in [0.3, 0.4) is 0 Å². The second-order valence-corrected chi connectivity index (χ2v) is 6.44. The third kappa shape index (κ3) is 3.08. The summed E-state index contributed by atoms with van der Waals surface area (Å²) in [6, 6.07) is 1.22. The van der Waals surface area contributed by atoms with Crippen LogP contribution in [0.4, 0.5) is 13.2 Å². The highest BCUT2D eigenvalue weighted by Gasteiger charge is 2.24. The van der Waals surface area contributed by atoms with E-state index in [1.807, 2.05) is 6.92 Å². The monoisotopic (exact) mass is 372 g/mol. The zero-order chi connectivity index (χ0) is 17.3. The van der Waals surface area contributed by atoms with Crippen LogP contribution < -0.4 is 0 Å². The van der Waals surface area contributed by atoms with Gasteiger partial charge < -0.3 is 0 Å². The Morgan fingerprint density at radius 2 is 1.88 bits per heavy atom. The summed E-state index contributed by atoms with van der Waals surface area (Å²) in [7, 11) is 0. The molecule has 2 heterocycles. The molecule has 0 aliphatic rings. The lowest BCUT2D eigenvalue weighted by Gasteiger charge is -2.13. The first-order chi connectivity index (χ1) is 11.5. The molecule has 2 aromatic heterocycles. The van der Waals surface area contributed by atoms with Crippen molar-refractivity contribution in [3.05, 3.63) is 41.1 Å². The molecule has 0 atom stereocenters. The van der Waals surface area contributed by atoms with E-state index in [-0.39, 0.29) is 16.5 Å². The zero-order valence-corrected chi connectivity index (χ0v) is 14.1. The standard InChI is InChI=1S/C15H12ClF3N4S/c1-2-3-4-24-14-12(11-9(18)5-8(17)6-10(11)19)13(16)22-15-20-7-21-23(14)15/h5-7H,2-4H2,1H3. The molecule has 0 amide bonds. The Hall–Kier alpha value is -1.80. The van der Waals surface area contributed by atoms with Crippen molar-refractivity contribution >= 4 is 29.1 Å². The van der Waals surface area contributed by atoms with Crippen LogP contribution in [0.25, 0.3) is 16.9 Å². The van der Waals surface area contributed by atoms with Crippen LogP contribution in [-0.2, 0) is 0 Å². The summed E-state index contributed by atoms with van der Waals surface area (Å²) in [6.07, 6.45) is 3.14. The molecule has 0 aliphatic heterocycles. The summed E-state index contributed by atoms with van der Waals surface area (Å²) in [5.41, 5.74) is -0.379. The molecule has 0 fully saturated rings. The first-order valence-electron chi connectivity index (χ1n) is 7.19. The van der Waals surface area contributed by atoms with E-state index in [2.05, 4.69) is 15.1 Å². The molecule has 0 aliphatic carbocycles. The molecule has 0 bridgehead atoms. The van der Waals surface area contributed by atoms with Crippen molar-refractivity contribution < 1.29 is 13.2 Å². The average molecular weight is 373 g/mol. The van der Waals surface area contributed by atoms with Gasteiger partial charge in [-0.15, -0.1) is 11.8 Å². The minimum atomic E-state index is -1.05. The van der Waals surface area contributed by atoms with Gasteiger partial charge in [0.1, 0.15) is 34.0 Å². The van der Waals surface area contributed by atoms with Crippen molar-refractivity contribution in [2.24, 2.45) is 0 Å². The van der Waals surface area contributed by atoms with Gasteiger partial charge >= 0.3 is 0 Å². The molecular formula is C15H12ClF3N4S. The highest BCUT2D eigenvalue weighted by atomic mass is 35.5. The van der Waals surface area contributed by atoms with Gasteiger partial charge in [-0.1, -0.05) is 24.9 Å². The maximum Gasteiger partial charge on any atom is 0.254 e. The molecule has 0 saturated heterocycles. The zero-order valence-electron chi connectivity index (χ0n) is 12.6. The Kier molecular flexibility index (Phi) is 4.96. The number of thioether (sulfide) groups is 1. The van der Waals surface area contributed by atoms with E-state index in [1.54, 1.807) is 0 Å². The minimum Gasteiger partial charge on any atom is -0.207 e. The van der Waals surface area contributed by atoms with Gasteiger partial charge in [0.05, 0.1) is 11.1 Å². The number of fused-ring (bicyclic) bond motifs is 1. The largest absolute Gasteiger partial charge is 0.254 e. The molecule has 0 radical (unpaired) electrons. The van der Waals surface area contributed by atoms with Crippen LogP contribution in [0.5, 0.6) is 0 Å². The van der Waals surface area contributed by atoms with E-state index in [0.717, 1.165) is 12.8 Å². The fraction of sp³-hybridized carbons (Fsp3) is 0.267. The highest BCUT2D eigenvalue weighted by molar-refractivity contribution is 7.99. The van der Waals surface area contributed by atoms with Crippen molar-refractivity contribution in [1.82, 2.24) is 19.6 Å². The Bertz CT molecular complexity index is 877. The van der Waals surface area contributed by atoms with Gasteiger partial charge in [-0.3, -0.25) is 0 Å². The lowest BCUT2D eigenvalue weighted by Crippen LogP contribution is -2.04. The van der Waals surface area contributed by atoms with Crippen LogP contribution in [0, 0.1) is 17.5 Å². The highest BCUT2D eigenvalue weighted by Crippen LogP contribution is 2.39. The van der Waals surface area contributed by atoms with Gasteiger partial charge in [-0.2, -0.15) is 19.6 Å². The number of aromatic nitrogens is 4. The van der Waals surface area contributed by atoms with Crippen LogP contribution in [0.15, 0.2) is 23.5 Å². The van der Waals surface area contributed by atoms with E-state index in [9.17, 15) is 13.2 Å².